The van der Waals surface area contributed by atoms with Gasteiger partial charge in [0, 0.05) is 13.1 Å². The van der Waals surface area contributed by atoms with E-state index < -0.39 is 12.0 Å². The molecule has 5 nitrogen and oxygen atoms in total. The van der Waals surface area contributed by atoms with E-state index in [1.54, 1.807) is 4.90 Å². The van der Waals surface area contributed by atoms with Crippen molar-refractivity contribution in [3.05, 3.63) is 0 Å². The molecule has 2 N–H and O–H groups in total. The fourth-order valence-electron chi connectivity index (χ4n) is 2.68. The zero-order valence-electron chi connectivity index (χ0n) is 12.9. The second-order valence-electron chi connectivity index (χ2n) is 5.84. The largest absolute Gasteiger partial charge is 0.480 e. The van der Waals surface area contributed by atoms with E-state index in [1.165, 1.54) is 0 Å². The van der Waals surface area contributed by atoms with Gasteiger partial charge < -0.3 is 15.3 Å². The second kappa shape index (κ2) is 8.12. The standard InChI is InChI=1S/C15H28N2O3/c1-4-11(3)13(14(18)19)16-15(20)17-9-6-7-12(5-2)8-10-17/h11-13H,4-10H2,1-3H3,(H,16,20)(H,18,19)/t11-,12?,13-/m0/s1. The van der Waals surface area contributed by atoms with Gasteiger partial charge in [0.25, 0.3) is 0 Å². The molecular weight excluding hydrogens is 256 g/mol. The van der Waals surface area contributed by atoms with Crippen molar-refractivity contribution < 1.29 is 14.7 Å². The number of carbonyl (C=O) groups is 2. The van der Waals surface area contributed by atoms with E-state index in [0.717, 1.165) is 45.2 Å². The van der Waals surface area contributed by atoms with E-state index in [0.29, 0.717) is 5.92 Å². The Bertz CT molecular complexity index is 333. The minimum atomic E-state index is -0.950. The fourth-order valence-corrected chi connectivity index (χ4v) is 2.68. The van der Waals surface area contributed by atoms with Gasteiger partial charge in [-0.2, -0.15) is 0 Å². The number of amides is 2. The van der Waals surface area contributed by atoms with Crippen LogP contribution in [0.15, 0.2) is 0 Å². The number of hydrogen-bond acceptors (Lipinski definition) is 2. The van der Waals surface area contributed by atoms with Crippen molar-refractivity contribution in [2.45, 2.75) is 58.9 Å². The maximum Gasteiger partial charge on any atom is 0.326 e. The zero-order valence-corrected chi connectivity index (χ0v) is 12.9. The highest BCUT2D eigenvalue weighted by Gasteiger charge is 2.28. The van der Waals surface area contributed by atoms with Crippen LogP contribution in [0.1, 0.15) is 52.9 Å². The minimum Gasteiger partial charge on any atom is -0.480 e. The van der Waals surface area contributed by atoms with Crippen LogP contribution >= 0.6 is 0 Å². The zero-order chi connectivity index (χ0) is 15.1. The van der Waals surface area contributed by atoms with Gasteiger partial charge >= 0.3 is 12.0 Å². The van der Waals surface area contributed by atoms with Gasteiger partial charge in [-0.25, -0.2) is 9.59 Å². The number of carboxylic acids is 1. The molecule has 1 unspecified atom stereocenters. The molecule has 0 aromatic carbocycles. The maximum atomic E-state index is 12.2. The van der Waals surface area contributed by atoms with Crippen LogP contribution in [-0.2, 0) is 4.79 Å². The number of rotatable bonds is 5. The molecule has 20 heavy (non-hydrogen) atoms. The monoisotopic (exact) mass is 284 g/mol. The molecule has 116 valence electrons. The third kappa shape index (κ3) is 4.69. The summed E-state index contributed by atoms with van der Waals surface area (Å²) in [6.07, 6.45) is 5.07. The highest BCUT2D eigenvalue weighted by molar-refractivity contribution is 5.82. The van der Waals surface area contributed by atoms with Gasteiger partial charge in [-0.15, -0.1) is 0 Å². The number of nitrogens with one attached hydrogen (secondary N) is 1. The first-order valence-electron chi connectivity index (χ1n) is 7.77. The van der Waals surface area contributed by atoms with Crippen LogP contribution < -0.4 is 5.32 Å². The van der Waals surface area contributed by atoms with E-state index in [9.17, 15) is 14.7 Å². The van der Waals surface area contributed by atoms with Crippen molar-refractivity contribution in [3.63, 3.8) is 0 Å². The second-order valence-corrected chi connectivity index (χ2v) is 5.84. The predicted molar refractivity (Wildman–Crippen MR) is 78.6 cm³/mol. The third-order valence-corrected chi connectivity index (χ3v) is 4.47. The number of likely N-dealkylation sites (tertiary alicyclic amines) is 1. The van der Waals surface area contributed by atoms with Crippen LogP contribution in [0.2, 0.25) is 0 Å². The van der Waals surface area contributed by atoms with E-state index >= 15 is 0 Å². The van der Waals surface area contributed by atoms with Crippen molar-refractivity contribution in [2.75, 3.05) is 13.1 Å². The molecule has 0 saturated carbocycles. The van der Waals surface area contributed by atoms with Crippen LogP contribution in [0.3, 0.4) is 0 Å². The number of nitrogens with zero attached hydrogens (tertiary/aromatic N) is 1. The van der Waals surface area contributed by atoms with Crippen molar-refractivity contribution in [1.82, 2.24) is 10.2 Å². The molecule has 5 heteroatoms. The Morgan fingerprint density at radius 1 is 1.30 bits per heavy atom. The summed E-state index contributed by atoms with van der Waals surface area (Å²) in [5.74, 6) is -0.321. The van der Waals surface area contributed by atoms with Gasteiger partial charge in [-0.05, 0) is 31.1 Å². The fraction of sp³-hybridized carbons (Fsp3) is 0.867. The SMILES string of the molecule is CCC1CCCN(C(=O)N[C@H](C(=O)O)[C@@H](C)CC)CC1. The van der Waals surface area contributed by atoms with Gasteiger partial charge in [-0.1, -0.05) is 33.6 Å². The Morgan fingerprint density at radius 2 is 2.00 bits per heavy atom. The summed E-state index contributed by atoms with van der Waals surface area (Å²) in [7, 11) is 0. The van der Waals surface area contributed by atoms with Crippen LogP contribution in [0, 0.1) is 11.8 Å². The lowest BCUT2D eigenvalue weighted by atomic mass is 9.98. The maximum absolute atomic E-state index is 12.2. The van der Waals surface area contributed by atoms with Crippen molar-refractivity contribution in [3.8, 4) is 0 Å². The van der Waals surface area contributed by atoms with Crippen LogP contribution in [0.5, 0.6) is 0 Å². The van der Waals surface area contributed by atoms with Gasteiger partial charge in [-0.3, -0.25) is 0 Å². The topological polar surface area (TPSA) is 69.6 Å². The highest BCUT2D eigenvalue weighted by atomic mass is 16.4. The molecule has 1 saturated heterocycles. The molecule has 3 atom stereocenters. The molecule has 1 aliphatic heterocycles. The number of carboxylic acid groups (broad SMARTS) is 1. The predicted octanol–water partition coefficient (Wildman–Crippen LogP) is 2.71. The summed E-state index contributed by atoms with van der Waals surface area (Å²) in [6.45, 7) is 7.44. The first kappa shape index (κ1) is 16.8. The van der Waals surface area contributed by atoms with Gasteiger partial charge in [0.05, 0.1) is 0 Å². The average molecular weight is 284 g/mol. The molecule has 0 bridgehead atoms. The molecule has 0 aromatic heterocycles. The molecule has 1 fully saturated rings. The molecule has 0 aliphatic carbocycles. The summed E-state index contributed by atoms with van der Waals surface area (Å²) in [6, 6.07) is -1.02. The molecule has 2 amide bonds. The van der Waals surface area contributed by atoms with E-state index in [1.807, 2.05) is 13.8 Å². The highest BCUT2D eigenvalue weighted by Crippen LogP contribution is 2.20. The molecule has 0 aromatic rings. The lowest BCUT2D eigenvalue weighted by Gasteiger charge is -2.26. The van der Waals surface area contributed by atoms with Gasteiger partial charge in [0.2, 0.25) is 0 Å². The van der Waals surface area contributed by atoms with Crippen LogP contribution in [-0.4, -0.2) is 41.1 Å². The number of urea groups is 1. The quantitative estimate of drug-likeness (QED) is 0.815. The van der Waals surface area contributed by atoms with E-state index in [2.05, 4.69) is 12.2 Å². The summed E-state index contributed by atoms with van der Waals surface area (Å²) in [5.41, 5.74) is 0. The smallest absolute Gasteiger partial charge is 0.326 e. The summed E-state index contributed by atoms with van der Waals surface area (Å²) in [5, 5.41) is 11.9. The lowest BCUT2D eigenvalue weighted by molar-refractivity contribution is -0.140. The summed E-state index contributed by atoms with van der Waals surface area (Å²) < 4.78 is 0. The van der Waals surface area contributed by atoms with Gasteiger partial charge in [0.1, 0.15) is 6.04 Å². The van der Waals surface area contributed by atoms with Crippen LogP contribution in [0.4, 0.5) is 4.79 Å². The number of aliphatic carboxylic acids is 1. The molecule has 1 rings (SSSR count). The molecule has 1 heterocycles. The van der Waals surface area contributed by atoms with Crippen molar-refractivity contribution in [2.24, 2.45) is 11.8 Å². The Balaban J connectivity index is 2.58. The summed E-state index contributed by atoms with van der Waals surface area (Å²) >= 11 is 0. The molecule has 1 aliphatic rings. The average Bonchev–Trinajstić information content (AvgIpc) is 2.68. The minimum absolute atomic E-state index is 0.0631. The lowest BCUT2D eigenvalue weighted by Crippen LogP contribution is -2.50. The summed E-state index contributed by atoms with van der Waals surface area (Å²) in [4.78, 5) is 25.3. The Kier molecular flexibility index (Phi) is 6.82. The first-order valence-corrected chi connectivity index (χ1v) is 7.77. The van der Waals surface area contributed by atoms with Crippen molar-refractivity contribution >= 4 is 12.0 Å². The van der Waals surface area contributed by atoms with E-state index in [-0.39, 0.29) is 11.9 Å². The molecular formula is C15H28N2O3. The first-order chi connectivity index (χ1) is 9.49. The number of hydrogen-bond donors (Lipinski definition) is 2. The Labute approximate surface area is 121 Å². The molecule has 0 spiro atoms. The normalized spacial score (nSPS) is 22.8. The van der Waals surface area contributed by atoms with E-state index in [4.69, 9.17) is 0 Å². The Hall–Kier alpha value is -1.26. The third-order valence-electron chi connectivity index (χ3n) is 4.47. The Morgan fingerprint density at radius 3 is 2.55 bits per heavy atom. The van der Waals surface area contributed by atoms with Crippen molar-refractivity contribution in [1.29, 1.82) is 0 Å². The number of carbonyl (C=O) groups excluding carboxylic acids is 1. The van der Waals surface area contributed by atoms with Crippen LogP contribution in [0.25, 0.3) is 0 Å². The molecule has 0 radical (unpaired) electrons. The van der Waals surface area contributed by atoms with Gasteiger partial charge in [0.15, 0.2) is 0 Å².